The molecule has 2 aromatic heterocycles. The SMILES string of the molecule is C=C1/C=C(n2c3ccccc3c3cc(C#N)ccc32)\C=C/COc2ccc(-n3c4ccccc4c4cc(C#N)ccc43)cc21. The number of nitriles is 2. The molecule has 5 aromatic carbocycles. The van der Waals surface area contributed by atoms with Crippen molar-refractivity contribution in [1.82, 2.24) is 9.13 Å². The fourth-order valence-electron chi connectivity index (χ4n) is 6.43. The van der Waals surface area contributed by atoms with Crippen LogP contribution in [0.15, 0.2) is 128 Å². The maximum atomic E-state index is 9.56. The summed E-state index contributed by atoms with van der Waals surface area (Å²) in [6.07, 6.45) is 6.19. The van der Waals surface area contributed by atoms with Gasteiger partial charge in [0.25, 0.3) is 0 Å². The van der Waals surface area contributed by atoms with Crippen LogP contribution in [0.4, 0.5) is 0 Å². The third-order valence-corrected chi connectivity index (χ3v) is 8.37. The van der Waals surface area contributed by atoms with Gasteiger partial charge >= 0.3 is 0 Å². The maximum absolute atomic E-state index is 9.56. The normalized spacial score (nSPS) is 15.0. The van der Waals surface area contributed by atoms with Crippen molar-refractivity contribution < 1.29 is 4.74 Å². The summed E-state index contributed by atoms with van der Waals surface area (Å²) in [5.74, 6) is 0.759. The highest BCUT2D eigenvalue weighted by Gasteiger charge is 2.18. The fraction of sp³-hybridized carbons (Fsp3) is 0.0256. The zero-order valence-electron chi connectivity index (χ0n) is 23.7. The summed E-state index contributed by atoms with van der Waals surface area (Å²) in [6, 6.07) is 39.0. The molecule has 0 fully saturated rings. The average molecular weight is 565 g/mol. The Morgan fingerprint density at radius 2 is 1.23 bits per heavy atom. The molecular formula is C39H24N4O. The second-order valence-electron chi connectivity index (χ2n) is 10.9. The Kier molecular flexibility index (Phi) is 5.72. The van der Waals surface area contributed by atoms with Crippen LogP contribution in [0.3, 0.4) is 0 Å². The highest BCUT2D eigenvalue weighted by atomic mass is 16.5. The first kappa shape index (κ1) is 25.4. The molecule has 0 unspecified atom stereocenters. The van der Waals surface area contributed by atoms with Crippen molar-refractivity contribution >= 4 is 54.9 Å². The molecule has 0 N–H and O–H groups in total. The molecule has 1 aliphatic rings. The van der Waals surface area contributed by atoms with Crippen molar-refractivity contribution in [1.29, 1.82) is 10.5 Å². The van der Waals surface area contributed by atoms with Crippen LogP contribution < -0.4 is 4.74 Å². The van der Waals surface area contributed by atoms with Crippen LogP contribution in [0.25, 0.3) is 60.6 Å². The van der Waals surface area contributed by atoms with Gasteiger partial charge < -0.3 is 13.9 Å². The number of benzene rings is 5. The summed E-state index contributed by atoms with van der Waals surface area (Å²) in [5, 5.41) is 23.4. The number of hydrogen-bond donors (Lipinski definition) is 0. The number of ether oxygens (including phenoxy) is 1. The number of para-hydroxylation sites is 2. The van der Waals surface area contributed by atoms with Crippen molar-refractivity contribution in [2.45, 2.75) is 0 Å². The number of fused-ring (bicyclic) bond motifs is 7. The Balaban J connectivity index is 1.32. The lowest BCUT2D eigenvalue weighted by Crippen LogP contribution is -2.00. The van der Waals surface area contributed by atoms with Crippen LogP contribution in [-0.2, 0) is 0 Å². The van der Waals surface area contributed by atoms with Crippen LogP contribution in [0.5, 0.6) is 5.75 Å². The number of nitrogens with zero attached hydrogens (tertiary/aromatic N) is 4. The molecule has 5 heteroatoms. The smallest absolute Gasteiger partial charge is 0.127 e. The van der Waals surface area contributed by atoms with Crippen LogP contribution in [0.2, 0.25) is 0 Å². The number of hydrogen-bond acceptors (Lipinski definition) is 3. The summed E-state index contributed by atoms with van der Waals surface area (Å²) < 4.78 is 10.7. The minimum Gasteiger partial charge on any atom is -0.489 e. The molecule has 0 spiro atoms. The van der Waals surface area contributed by atoms with Crippen molar-refractivity contribution in [3.8, 4) is 23.6 Å². The molecule has 0 radical (unpaired) electrons. The van der Waals surface area contributed by atoms with Crippen LogP contribution in [-0.4, -0.2) is 15.7 Å². The zero-order chi connectivity index (χ0) is 29.8. The Bertz CT molecular complexity index is 2490. The van der Waals surface area contributed by atoms with Crippen LogP contribution >= 0.6 is 0 Å². The molecular weight excluding hydrogens is 540 g/mol. The van der Waals surface area contributed by atoms with Gasteiger partial charge in [0.15, 0.2) is 0 Å². The van der Waals surface area contributed by atoms with Gasteiger partial charge in [-0.2, -0.15) is 10.5 Å². The molecule has 3 heterocycles. The third kappa shape index (κ3) is 3.85. The maximum Gasteiger partial charge on any atom is 0.127 e. The fourth-order valence-corrected chi connectivity index (χ4v) is 6.43. The molecule has 0 bridgehead atoms. The van der Waals surface area contributed by atoms with E-state index in [1.165, 1.54) is 0 Å². The van der Waals surface area contributed by atoms with Gasteiger partial charge in [0.05, 0.1) is 45.3 Å². The molecule has 8 rings (SSSR count). The number of rotatable bonds is 2. The molecule has 7 aromatic rings. The molecule has 0 atom stereocenters. The largest absolute Gasteiger partial charge is 0.489 e. The van der Waals surface area contributed by atoms with Gasteiger partial charge in [0, 0.05) is 38.5 Å². The lowest BCUT2D eigenvalue weighted by atomic mass is 10.0. The van der Waals surface area contributed by atoms with E-state index in [2.05, 4.69) is 76.4 Å². The first-order valence-electron chi connectivity index (χ1n) is 14.4. The lowest BCUT2D eigenvalue weighted by Gasteiger charge is -2.15. The monoisotopic (exact) mass is 564 g/mol. The summed E-state index contributed by atoms with van der Waals surface area (Å²) in [6.45, 7) is 4.93. The van der Waals surface area contributed by atoms with Gasteiger partial charge in [-0.15, -0.1) is 0 Å². The van der Waals surface area contributed by atoms with Gasteiger partial charge in [-0.1, -0.05) is 43.0 Å². The van der Waals surface area contributed by atoms with Gasteiger partial charge in [0.2, 0.25) is 0 Å². The molecule has 0 saturated carbocycles. The second-order valence-corrected chi connectivity index (χ2v) is 10.9. The topological polar surface area (TPSA) is 66.7 Å². The third-order valence-electron chi connectivity index (χ3n) is 8.37. The Labute approximate surface area is 253 Å². The van der Waals surface area contributed by atoms with Crippen LogP contribution in [0, 0.1) is 22.7 Å². The predicted octanol–water partition coefficient (Wildman–Crippen LogP) is 9.14. The van der Waals surface area contributed by atoms with Crippen molar-refractivity contribution in [3.05, 3.63) is 145 Å². The minimum absolute atomic E-state index is 0.402. The molecule has 1 aliphatic heterocycles. The van der Waals surface area contributed by atoms with Crippen molar-refractivity contribution in [2.75, 3.05) is 6.61 Å². The minimum atomic E-state index is 0.402. The predicted molar refractivity (Wildman–Crippen MR) is 178 cm³/mol. The molecule has 5 nitrogen and oxygen atoms in total. The molecule has 0 aliphatic carbocycles. The highest BCUT2D eigenvalue weighted by molar-refractivity contribution is 6.12. The van der Waals surface area contributed by atoms with Gasteiger partial charge in [-0.05, 0) is 90.5 Å². The number of allylic oxidation sites excluding steroid dienone is 4. The van der Waals surface area contributed by atoms with Gasteiger partial charge in [0.1, 0.15) is 12.4 Å². The van der Waals surface area contributed by atoms with Gasteiger partial charge in [-0.3, -0.25) is 0 Å². The van der Waals surface area contributed by atoms with Crippen molar-refractivity contribution in [2.24, 2.45) is 0 Å². The summed E-state index contributed by atoms with van der Waals surface area (Å²) in [4.78, 5) is 0. The summed E-state index contributed by atoms with van der Waals surface area (Å²) in [7, 11) is 0. The van der Waals surface area contributed by atoms with E-state index < -0.39 is 0 Å². The molecule has 0 saturated heterocycles. The summed E-state index contributed by atoms with van der Waals surface area (Å²) in [5.41, 5.74) is 9.07. The van der Waals surface area contributed by atoms with E-state index in [0.717, 1.165) is 71.9 Å². The lowest BCUT2D eigenvalue weighted by molar-refractivity contribution is 0.362. The molecule has 206 valence electrons. The highest BCUT2D eigenvalue weighted by Crippen LogP contribution is 2.38. The van der Waals surface area contributed by atoms with Crippen LogP contribution in [0.1, 0.15) is 16.7 Å². The van der Waals surface area contributed by atoms with Gasteiger partial charge in [-0.25, -0.2) is 0 Å². The number of aromatic nitrogens is 2. The van der Waals surface area contributed by atoms with E-state index in [-0.39, 0.29) is 0 Å². The van der Waals surface area contributed by atoms with E-state index >= 15 is 0 Å². The molecule has 44 heavy (non-hydrogen) atoms. The zero-order valence-corrected chi connectivity index (χ0v) is 23.7. The van der Waals surface area contributed by atoms with Crippen molar-refractivity contribution in [3.63, 3.8) is 0 Å². The van der Waals surface area contributed by atoms with E-state index in [1.54, 1.807) is 0 Å². The Hall–Kier alpha value is -6.30. The second kappa shape index (κ2) is 9.91. The molecule has 0 amide bonds. The first-order chi connectivity index (χ1) is 21.6. The Morgan fingerprint density at radius 3 is 1.89 bits per heavy atom. The first-order valence-corrected chi connectivity index (χ1v) is 14.4. The standard InChI is InChI=1S/C39H24N4O/c1-25-19-28(42-35-10-4-2-8-30(35)33-20-26(23-40)12-15-37(33)42)7-6-18-44-39-17-14-29(22-32(25)39)43-36-11-5-3-9-31(36)34-21-27(24-41)13-16-38(34)43/h2-17,19-22H,1,18H2/b7-6-,28-19+. The van der Waals surface area contributed by atoms with E-state index in [4.69, 9.17) is 4.74 Å². The quantitative estimate of drug-likeness (QED) is 0.210. The van der Waals surface area contributed by atoms with E-state index in [1.807, 2.05) is 72.8 Å². The average Bonchev–Trinajstić information content (AvgIpc) is 3.59. The van der Waals surface area contributed by atoms with E-state index in [0.29, 0.717) is 17.7 Å². The van der Waals surface area contributed by atoms with E-state index in [9.17, 15) is 10.5 Å². The Morgan fingerprint density at radius 1 is 0.636 bits per heavy atom. The summed E-state index contributed by atoms with van der Waals surface area (Å²) >= 11 is 0.